The molecule has 106 valence electrons. The van der Waals surface area contributed by atoms with Crippen LogP contribution in [0.3, 0.4) is 0 Å². The van der Waals surface area contributed by atoms with E-state index in [1.165, 1.54) is 5.56 Å². The number of aromatic nitrogens is 3. The molecule has 3 rings (SSSR count). The van der Waals surface area contributed by atoms with Gasteiger partial charge < -0.3 is 9.30 Å². The fourth-order valence-corrected chi connectivity index (χ4v) is 2.33. The van der Waals surface area contributed by atoms with Crippen molar-refractivity contribution in [1.82, 2.24) is 14.5 Å². The van der Waals surface area contributed by atoms with Crippen LogP contribution in [-0.4, -0.2) is 21.6 Å². The van der Waals surface area contributed by atoms with Crippen LogP contribution in [0, 0.1) is 0 Å². The summed E-state index contributed by atoms with van der Waals surface area (Å²) in [5, 5.41) is 0. The Morgan fingerprint density at radius 2 is 2.00 bits per heavy atom. The normalized spacial score (nSPS) is 10.6. The number of methoxy groups -OCH3 is 1. The molecule has 0 unspecified atom stereocenters. The van der Waals surface area contributed by atoms with Crippen LogP contribution in [0.5, 0.6) is 5.75 Å². The van der Waals surface area contributed by atoms with Gasteiger partial charge in [0.25, 0.3) is 0 Å². The van der Waals surface area contributed by atoms with E-state index in [1.54, 1.807) is 19.5 Å². The number of hydrogen-bond donors (Lipinski definition) is 0. The zero-order chi connectivity index (χ0) is 14.7. The van der Waals surface area contributed by atoms with Crippen LogP contribution in [0.15, 0.2) is 59.7 Å². The van der Waals surface area contributed by atoms with Crippen molar-refractivity contribution in [2.45, 2.75) is 6.54 Å². The molecule has 0 aliphatic heterocycles. The Morgan fingerprint density at radius 1 is 1.19 bits per heavy atom. The Morgan fingerprint density at radius 3 is 2.76 bits per heavy atom. The first-order chi connectivity index (χ1) is 10.2. The van der Waals surface area contributed by atoms with E-state index in [-0.39, 0.29) is 0 Å². The van der Waals surface area contributed by atoms with E-state index in [0.29, 0.717) is 0 Å². The van der Waals surface area contributed by atoms with Gasteiger partial charge in [0.1, 0.15) is 5.75 Å². The molecule has 0 amide bonds. The lowest BCUT2D eigenvalue weighted by Gasteiger charge is -2.03. The summed E-state index contributed by atoms with van der Waals surface area (Å²) in [5.74, 6) is 0.731. The molecule has 0 spiro atoms. The van der Waals surface area contributed by atoms with Crippen molar-refractivity contribution in [1.29, 1.82) is 0 Å². The molecule has 3 aromatic rings. The second-order valence-electron chi connectivity index (χ2n) is 4.67. The average Bonchev–Trinajstić information content (AvgIpc) is 2.98. The second kappa shape index (κ2) is 6.10. The monoisotopic (exact) mass is 343 g/mol. The Bertz CT molecular complexity index is 737. The molecule has 0 aliphatic carbocycles. The van der Waals surface area contributed by atoms with E-state index in [0.717, 1.165) is 28.0 Å². The zero-order valence-corrected chi connectivity index (χ0v) is 13.1. The van der Waals surface area contributed by atoms with Crippen molar-refractivity contribution < 1.29 is 4.74 Å². The van der Waals surface area contributed by atoms with Gasteiger partial charge in [-0.05, 0) is 23.8 Å². The summed E-state index contributed by atoms with van der Waals surface area (Å²) in [4.78, 5) is 8.59. The lowest BCUT2D eigenvalue weighted by Crippen LogP contribution is -1.95. The zero-order valence-electron chi connectivity index (χ0n) is 11.5. The minimum Gasteiger partial charge on any atom is -0.495 e. The van der Waals surface area contributed by atoms with Gasteiger partial charge in [-0.3, -0.25) is 4.98 Å². The molecule has 0 aliphatic rings. The number of rotatable bonds is 4. The number of nitrogens with zero attached hydrogens (tertiary/aromatic N) is 3. The van der Waals surface area contributed by atoms with Gasteiger partial charge >= 0.3 is 0 Å². The first-order valence-electron chi connectivity index (χ1n) is 6.50. The van der Waals surface area contributed by atoms with Gasteiger partial charge in [0.05, 0.1) is 25.3 Å². The molecule has 0 saturated carbocycles. The molecule has 0 saturated heterocycles. The van der Waals surface area contributed by atoms with E-state index < -0.39 is 0 Å². The summed E-state index contributed by atoms with van der Waals surface area (Å²) in [6, 6.07) is 10.2. The van der Waals surface area contributed by atoms with Gasteiger partial charge in [0.2, 0.25) is 0 Å². The fraction of sp³-hybridized carbons (Fsp3) is 0.125. The average molecular weight is 344 g/mol. The Hall–Kier alpha value is -2.14. The van der Waals surface area contributed by atoms with Crippen molar-refractivity contribution in [2.24, 2.45) is 0 Å². The summed E-state index contributed by atoms with van der Waals surface area (Å²) >= 11 is 3.44. The van der Waals surface area contributed by atoms with E-state index in [9.17, 15) is 0 Å². The van der Waals surface area contributed by atoms with Crippen LogP contribution in [0.1, 0.15) is 5.56 Å². The maximum Gasteiger partial charge on any atom is 0.137 e. The highest BCUT2D eigenvalue weighted by molar-refractivity contribution is 9.10. The fourth-order valence-electron chi connectivity index (χ4n) is 2.07. The largest absolute Gasteiger partial charge is 0.495 e. The molecule has 21 heavy (non-hydrogen) atoms. The van der Waals surface area contributed by atoms with Crippen LogP contribution in [0.2, 0.25) is 0 Å². The number of pyridine rings is 1. The summed E-state index contributed by atoms with van der Waals surface area (Å²) in [6.45, 7) is 0.789. The minimum absolute atomic E-state index is 0.731. The van der Waals surface area contributed by atoms with E-state index in [1.807, 2.05) is 30.7 Å². The first-order valence-corrected chi connectivity index (χ1v) is 7.29. The maximum absolute atomic E-state index is 5.19. The topological polar surface area (TPSA) is 39.9 Å². The molecule has 2 heterocycles. The predicted octanol–water partition coefficient (Wildman–Crippen LogP) is 3.76. The third-order valence-corrected chi connectivity index (χ3v) is 3.68. The van der Waals surface area contributed by atoms with E-state index in [2.05, 4.69) is 42.6 Å². The number of hydrogen-bond acceptors (Lipinski definition) is 3. The van der Waals surface area contributed by atoms with E-state index in [4.69, 9.17) is 4.74 Å². The molecule has 0 bridgehead atoms. The third kappa shape index (κ3) is 3.31. The highest BCUT2D eigenvalue weighted by Gasteiger charge is 2.05. The molecular weight excluding hydrogens is 330 g/mol. The van der Waals surface area contributed by atoms with Gasteiger partial charge in [-0.2, -0.15) is 0 Å². The lowest BCUT2D eigenvalue weighted by atomic mass is 10.2. The van der Waals surface area contributed by atoms with Gasteiger partial charge in [0.15, 0.2) is 0 Å². The van der Waals surface area contributed by atoms with Gasteiger partial charge in [-0.25, -0.2) is 4.98 Å². The van der Waals surface area contributed by atoms with Crippen molar-refractivity contribution >= 4 is 15.9 Å². The lowest BCUT2D eigenvalue weighted by molar-refractivity contribution is 0.413. The van der Waals surface area contributed by atoms with Crippen LogP contribution < -0.4 is 4.74 Å². The van der Waals surface area contributed by atoms with Crippen LogP contribution in [0.25, 0.3) is 11.3 Å². The highest BCUT2D eigenvalue weighted by Crippen LogP contribution is 2.21. The van der Waals surface area contributed by atoms with Crippen molar-refractivity contribution in [3.05, 3.63) is 65.3 Å². The standard InChI is InChI=1S/C16H14BrN3O/c1-21-15-6-13(7-18-8-15)16-10-20(11-19-16)9-12-2-4-14(17)5-3-12/h2-8,10-11H,9H2,1H3. The third-order valence-electron chi connectivity index (χ3n) is 3.16. The molecular formula is C16H14BrN3O. The molecule has 0 atom stereocenters. The summed E-state index contributed by atoms with van der Waals surface area (Å²) < 4.78 is 8.33. The second-order valence-corrected chi connectivity index (χ2v) is 5.59. The molecule has 0 radical (unpaired) electrons. The molecule has 0 fully saturated rings. The van der Waals surface area contributed by atoms with Gasteiger partial charge in [-0.15, -0.1) is 0 Å². The SMILES string of the molecule is COc1cncc(-c2cn(Cc3ccc(Br)cc3)cn2)c1. The quantitative estimate of drug-likeness (QED) is 0.723. The molecule has 5 heteroatoms. The van der Waals surface area contributed by atoms with E-state index >= 15 is 0 Å². The highest BCUT2D eigenvalue weighted by atomic mass is 79.9. The molecule has 0 N–H and O–H groups in total. The summed E-state index contributed by atoms with van der Waals surface area (Å²) in [7, 11) is 1.63. The number of halogens is 1. The smallest absolute Gasteiger partial charge is 0.137 e. The molecule has 2 aromatic heterocycles. The van der Waals surface area contributed by atoms with Gasteiger partial charge in [-0.1, -0.05) is 28.1 Å². The number of benzene rings is 1. The van der Waals surface area contributed by atoms with Crippen molar-refractivity contribution in [3.8, 4) is 17.0 Å². The Balaban J connectivity index is 1.81. The van der Waals surface area contributed by atoms with Crippen LogP contribution >= 0.6 is 15.9 Å². The molecule has 1 aromatic carbocycles. The van der Waals surface area contributed by atoms with Gasteiger partial charge in [0, 0.05) is 29.0 Å². The molecule has 4 nitrogen and oxygen atoms in total. The van der Waals surface area contributed by atoms with Crippen LogP contribution in [-0.2, 0) is 6.54 Å². The predicted molar refractivity (Wildman–Crippen MR) is 85.3 cm³/mol. The number of imidazole rings is 1. The summed E-state index contributed by atoms with van der Waals surface area (Å²) in [5.41, 5.74) is 3.06. The van der Waals surface area contributed by atoms with Crippen molar-refractivity contribution in [2.75, 3.05) is 7.11 Å². The first kappa shape index (κ1) is 13.8. The summed E-state index contributed by atoms with van der Waals surface area (Å²) in [6.07, 6.45) is 7.31. The van der Waals surface area contributed by atoms with Crippen LogP contribution in [0.4, 0.5) is 0 Å². The Kier molecular flexibility index (Phi) is 4.01. The minimum atomic E-state index is 0.731. The Labute approximate surface area is 131 Å². The maximum atomic E-state index is 5.19. The van der Waals surface area contributed by atoms with Crippen molar-refractivity contribution in [3.63, 3.8) is 0 Å². The number of ether oxygens (including phenoxy) is 1.